The van der Waals surface area contributed by atoms with Crippen molar-refractivity contribution in [3.8, 4) is 0 Å². The van der Waals surface area contributed by atoms with E-state index in [9.17, 15) is 13.2 Å². The first-order valence-corrected chi connectivity index (χ1v) is 11.7. The van der Waals surface area contributed by atoms with Crippen LogP contribution >= 0.6 is 0 Å². The molecule has 2 N–H and O–H groups in total. The number of hydrogen-bond donors (Lipinski definition) is 2. The Morgan fingerprint density at radius 2 is 1.59 bits per heavy atom. The van der Waals surface area contributed by atoms with E-state index < -0.39 is 10.0 Å². The number of benzene rings is 1. The predicted octanol–water partition coefficient (Wildman–Crippen LogP) is 3.46. The zero-order valence-electron chi connectivity index (χ0n) is 16.2. The van der Waals surface area contributed by atoms with Gasteiger partial charge in [-0.1, -0.05) is 6.92 Å². The minimum absolute atomic E-state index is 0.0330. The minimum atomic E-state index is -3.54. The van der Waals surface area contributed by atoms with E-state index in [-0.39, 0.29) is 22.4 Å². The summed E-state index contributed by atoms with van der Waals surface area (Å²) in [6.07, 6.45) is 8.06. The highest BCUT2D eigenvalue weighted by Crippen LogP contribution is 2.55. The van der Waals surface area contributed by atoms with E-state index in [1.807, 2.05) is 13.8 Å². The van der Waals surface area contributed by atoms with Gasteiger partial charge in [0.05, 0.1) is 4.90 Å². The lowest BCUT2D eigenvalue weighted by Gasteiger charge is -2.56. The largest absolute Gasteiger partial charge is 0.347 e. The number of amides is 1. The van der Waals surface area contributed by atoms with E-state index >= 15 is 0 Å². The minimum Gasteiger partial charge on any atom is -0.347 e. The van der Waals surface area contributed by atoms with Crippen molar-refractivity contribution in [2.75, 3.05) is 0 Å². The van der Waals surface area contributed by atoms with Crippen LogP contribution in [-0.2, 0) is 10.0 Å². The molecule has 4 bridgehead atoms. The molecule has 5 nitrogen and oxygen atoms in total. The summed E-state index contributed by atoms with van der Waals surface area (Å²) in [5.74, 6) is 2.25. The van der Waals surface area contributed by atoms with Gasteiger partial charge in [-0.2, -0.15) is 0 Å². The summed E-state index contributed by atoms with van der Waals surface area (Å²) in [4.78, 5) is 13.0. The molecular formula is C21H30N2O3S. The van der Waals surface area contributed by atoms with Gasteiger partial charge >= 0.3 is 0 Å². The standard InChI is InChI=1S/C21H30N2O3S/c1-3-14(2)23-27(25,26)19-6-4-18(5-7-19)20(24)22-21-11-15-8-16(12-21)10-17(9-15)13-21/h4-7,14-17,23H,3,8-13H2,1-2H3,(H,22,24). The molecule has 0 radical (unpaired) electrons. The lowest BCUT2D eigenvalue weighted by Crippen LogP contribution is -2.59. The van der Waals surface area contributed by atoms with Gasteiger partial charge in [0.2, 0.25) is 10.0 Å². The molecule has 1 amide bonds. The van der Waals surface area contributed by atoms with Crippen LogP contribution < -0.4 is 10.0 Å². The van der Waals surface area contributed by atoms with Crippen LogP contribution in [0, 0.1) is 17.8 Å². The maximum atomic E-state index is 12.8. The molecule has 5 rings (SSSR count). The second kappa shape index (κ2) is 6.89. The maximum absolute atomic E-state index is 12.8. The molecule has 4 aliphatic rings. The Bertz CT molecular complexity index is 781. The summed E-state index contributed by atoms with van der Waals surface area (Å²) in [5.41, 5.74) is 0.502. The molecule has 4 aliphatic carbocycles. The Hall–Kier alpha value is -1.40. The SMILES string of the molecule is CCC(C)NS(=O)(=O)c1ccc(C(=O)NC23CC4CC(CC(C4)C2)C3)cc1. The van der Waals surface area contributed by atoms with Gasteiger partial charge in [-0.25, -0.2) is 13.1 Å². The zero-order valence-corrected chi connectivity index (χ0v) is 17.0. The number of rotatable bonds is 6. The number of nitrogens with one attached hydrogen (secondary N) is 2. The number of carbonyl (C=O) groups is 1. The molecule has 1 aromatic rings. The Kier molecular flexibility index (Phi) is 4.83. The van der Waals surface area contributed by atoms with Crippen LogP contribution in [0.25, 0.3) is 0 Å². The fourth-order valence-corrected chi connectivity index (χ4v) is 7.11. The summed E-state index contributed by atoms with van der Waals surface area (Å²) in [6, 6.07) is 6.19. The van der Waals surface area contributed by atoms with Gasteiger partial charge in [-0.3, -0.25) is 4.79 Å². The molecule has 27 heavy (non-hydrogen) atoms. The van der Waals surface area contributed by atoms with Crippen molar-refractivity contribution in [2.24, 2.45) is 17.8 Å². The van der Waals surface area contributed by atoms with E-state index in [0.29, 0.717) is 5.56 Å². The zero-order chi connectivity index (χ0) is 19.2. The van der Waals surface area contributed by atoms with Crippen LogP contribution in [0.1, 0.15) is 69.2 Å². The van der Waals surface area contributed by atoms with Crippen LogP contribution in [0.5, 0.6) is 0 Å². The van der Waals surface area contributed by atoms with Crippen LogP contribution in [0.4, 0.5) is 0 Å². The fourth-order valence-electron chi connectivity index (χ4n) is 5.78. The fraction of sp³-hybridized carbons (Fsp3) is 0.667. The highest BCUT2D eigenvalue weighted by atomic mass is 32.2. The first-order valence-electron chi connectivity index (χ1n) is 10.2. The van der Waals surface area contributed by atoms with Gasteiger partial charge in [-0.05, 0) is 93.9 Å². The summed E-state index contributed by atoms with van der Waals surface area (Å²) >= 11 is 0. The van der Waals surface area contributed by atoms with Gasteiger partial charge < -0.3 is 5.32 Å². The summed E-state index contributed by atoms with van der Waals surface area (Å²) in [5, 5.41) is 3.34. The molecule has 0 saturated heterocycles. The molecular weight excluding hydrogens is 360 g/mol. The molecule has 6 heteroatoms. The predicted molar refractivity (Wildman–Crippen MR) is 105 cm³/mol. The lowest BCUT2D eigenvalue weighted by atomic mass is 9.53. The third-order valence-electron chi connectivity index (χ3n) is 6.81. The quantitative estimate of drug-likeness (QED) is 0.781. The van der Waals surface area contributed by atoms with Crippen molar-refractivity contribution in [1.29, 1.82) is 0 Å². The average molecular weight is 391 g/mol. The Morgan fingerprint density at radius 1 is 1.07 bits per heavy atom. The molecule has 0 aliphatic heterocycles. The van der Waals surface area contributed by atoms with E-state index in [1.54, 1.807) is 12.1 Å². The molecule has 4 saturated carbocycles. The number of sulfonamides is 1. The van der Waals surface area contributed by atoms with E-state index in [0.717, 1.165) is 43.4 Å². The summed E-state index contributed by atoms with van der Waals surface area (Å²) < 4.78 is 27.4. The lowest BCUT2D eigenvalue weighted by molar-refractivity contribution is -0.0167. The van der Waals surface area contributed by atoms with E-state index in [4.69, 9.17) is 0 Å². The second-order valence-electron chi connectivity index (χ2n) is 9.11. The highest BCUT2D eigenvalue weighted by Gasteiger charge is 2.51. The molecule has 0 spiro atoms. The van der Waals surface area contributed by atoms with Crippen molar-refractivity contribution < 1.29 is 13.2 Å². The topological polar surface area (TPSA) is 75.3 Å². The molecule has 1 atom stereocenters. The van der Waals surface area contributed by atoms with Crippen LogP contribution in [0.15, 0.2) is 29.2 Å². The van der Waals surface area contributed by atoms with Gasteiger partial charge in [0.15, 0.2) is 0 Å². The van der Waals surface area contributed by atoms with Gasteiger partial charge in [0.25, 0.3) is 5.91 Å². The Balaban J connectivity index is 1.46. The first-order chi connectivity index (χ1) is 12.8. The molecule has 0 heterocycles. The van der Waals surface area contributed by atoms with Gasteiger partial charge in [0.1, 0.15) is 0 Å². The highest BCUT2D eigenvalue weighted by molar-refractivity contribution is 7.89. The first kappa shape index (κ1) is 18.9. The van der Waals surface area contributed by atoms with Crippen LogP contribution in [0.3, 0.4) is 0 Å². The third kappa shape index (κ3) is 3.79. The molecule has 1 aromatic carbocycles. The van der Waals surface area contributed by atoms with Crippen molar-refractivity contribution in [3.05, 3.63) is 29.8 Å². The summed E-state index contributed by atoms with van der Waals surface area (Å²) in [7, 11) is -3.54. The van der Waals surface area contributed by atoms with Crippen LogP contribution in [0.2, 0.25) is 0 Å². The molecule has 148 valence electrons. The Labute approximate surface area is 162 Å². The van der Waals surface area contributed by atoms with E-state index in [1.165, 1.54) is 31.4 Å². The average Bonchev–Trinajstić information content (AvgIpc) is 2.59. The second-order valence-corrected chi connectivity index (χ2v) is 10.8. The maximum Gasteiger partial charge on any atom is 0.251 e. The number of carbonyl (C=O) groups excluding carboxylic acids is 1. The van der Waals surface area contributed by atoms with Gasteiger partial charge in [-0.15, -0.1) is 0 Å². The van der Waals surface area contributed by atoms with Gasteiger partial charge in [0, 0.05) is 17.1 Å². The van der Waals surface area contributed by atoms with E-state index in [2.05, 4.69) is 10.0 Å². The monoisotopic (exact) mass is 390 g/mol. The van der Waals surface area contributed by atoms with Crippen molar-refractivity contribution in [2.45, 2.75) is 75.3 Å². The molecule has 1 unspecified atom stereocenters. The molecule has 0 aromatic heterocycles. The third-order valence-corrected chi connectivity index (χ3v) is 8.42. The van der Waals surface area contributed by atoms with Crippen molar-refractivity contribution in [1.82, 2.24) is 10.0 Å². The smallest absolute Gasteiger partial charge is 0.251 e. The number of hydrogen-bond acceptors (Lipinski definition) is 3. The summed E-state index contributed by atoms with van der Waals surface area (Å²) in [6.45, 7) is 3.77. The van der Waals surface area contributed by atoms with Crippen molar-refractivity contribution in [3.63, 3.8) is 0 Å². The molecule has 4 fully saturated rings. The van der Waals surface area contributed by atoms with Crippen LogP contribution in [-0.4, -0.2) is 25.9 Å². The van der Waals surface area contributed by atoms with Crippen molar-refractivity contribution >= 4 is 15.9 Å². The Morgan fingerprint density at radius 3 is 2.07 bits per heavy atom. The normalized spacial score (nSPS) is 33.0.